The van der Waals surface area contributed by atoms with Crippen LogP contribution in [-0.4, -0.2) is 24.7 Å². The van der Waals surface area contributed by atoms with Crippen LogP contribution >= 0.6 is 0 Å². The van der Waals surface area contributed by atoms with E-state index >= 15 is 0 Å². The third-order valence-corrected chi connectivity index (χ3v) is 2.89. The van der Waals surface area contributed by atoms with Crippen molar-refractivity contribution in [1.29, 1.82) is 0 Å². The Kier molecular flexibility index (Phi) is 8.23. The van der Waals surface area contributed by atoms with E-state index < -0.39 is 0 Å². The molecule has 0 aliphatic heterocycles. The third kappa shape index (κ3) is 6.60. The van der Waals surface area contributed by atoms with Crippen molar-refractivity contribution in [2.45, 2.75) is 46.0 Å². The van der Waals surface area contributed by atoms with Gasteiger partial charge < -0.3 is 10.1 Å². The van der Waals surface area contributed by atoms with Crippen molar-refractivity contribution >= 4 is 0 Å². The van der Waals surface area contributed by atoms with Crippen molar-refractivity contribution in [3.63, 3.8) is 0 Å². The molecule has 0 saturated heterocycles. The SMILES string of the molecule is CCCNCCCCCCOc1cccnc1C. The van der Waals surface area contributed by atoms with E-state index in [4.69, 9.17) is 4.74 Å². The second-order valence-electron chi connectivity index (χ2n) is 4.60. The van der Waals surface area contributed by atoms with Gasteiger partial charge in [-0.2, -0.15) is 0 Å². The van der Waals surface area contributed by atoms with Crippen LogP contribution in [0.3, 0.4) is 0 Å². The highest BCUT2D eigenvalue weighted by Crippen LogP contribution is 2.14. The quantitative estimate of drug-likeness (QED) is 0.647. The molecule has 102 valence electrons. The van der Waals surface area contributed by atoms with Gasteiger partial charge in [0.05, 0.1) is 12.3 Å². The maximum Gasteiger partial charge on any atom is 0.140 e. The van der Waals surface area contributed by atoms with E-state index in [1.165, 1.54) is 25.7 Å². The lowest BCUT2D eigenvalue weighted by atomic mass is 10.2. The van der Waals surface area contributed by atoms with Gasteiger partial charge in [0.15, 0.2) is 0 Å². The van der Waals surface area contributed by atoms with Gasteiger partial charge in [-0.05, 0) is 51.4 Å². The molecule has 0 spiro atoms. The summed E-state index contributed by atoms with van der Waals surface area (Å²) in [6, 6.07) is 3.90. The molecule has 1 rings (SSSR count). The predicted molar refractivity (Wildman–Crippen MR) is 76.1 cm³/mol. The zero-order valence-electron chi connectivity index (χ0n) is 11.7. The largest absolute Gasteiger partial charge is 0.492 e. The number of pyridine rings is 1. The van der Waals surface area contributed by atoms with E-state index in [-0.39, 0.29) is 0 Å². The Morgan fingerprint density at radius 3 is 2.78 bits per heavy atom. The van der Waals surface area contributed by atoms with Gasteiger partial charge in [0.25, 0.3) is 0 Å². The topological polar surface area (TPSA) is 34.1 Å². The first-order chi connectivity index (χ1) is 8.84. The number of nitrogens with zero attached hydrogens (tertiary/aromatic N) is 1. The van der Waals surface area contributed by atoms with Crippen molar-refractivity contribution in [2.24, 2.45) is 0 Å². The summed E-state index contributed by atoms with van der Waals surface area (Å²) < 4.78 is 5.70. The van der Waals surface area contributed by atoms with E-state index in [0.717, 1.165) is 37.6 Å². The van der Waals surface area contributed by atoms with Gasteiger partial charge in [0.1, 0.15) is 5.75 Å². The van der Waals surface area contributed by atoms with E-state index in [1.807, 2.05) is 19.1 Å². The van der Waals surface area contributed by atoms with Gasteiger partial charge >= 0.3 is 0 Å². The molecule has 0 aliphatic rings. The summed E-state index contributed by atoms with van der Waals surface area (Å²) >= 11 is 0. The Labute approximate surface area is 111 Å². The van der Waals surface area contributed by atoms with Crippen molar-refractivity contribution in [3.05, 3.63) is 24.0 Å². The fourth-order valence-electron chi connectivity index (χ4n) is 1.81. The van der Waals surface area contributed by atoms with Gasteiger partial charge in [-0.3, -0.25) is 4.98 Å². The number of nitrogens with one attached hydrogen (secondary N) is 1. The zero-order chi connectivity index (χ0) is 13.1. The zero-order valence-corrected chi connectivity index (χ0v) is 11.7. The average molecular weight is 250 g/mol. The maximum atomic E-state index is 5.70. The fourth-order valence-corrected chi connectivity index (χ4v) is 1.81. The molecule has 3 heteroatoms. The molecular formula is C15H26N2O. The smallest absolute Gasteiger partial charge is 0.140 e. The van der Waals surface area contributed by atoms with Gasteiger partial charge in [0, 0.05) is 6.20 Å². The number of ether oxygens (including phenoxy) is 1. The van der Waals surface area contributed by atoms with Crippen LogP contribution in [0.5, 0.6) is 5.75 Å². The second kappa shape index (κ2) is 9.89. The van der Waals surface area contributed by atoms with Crippen LogP contribution < -0.4 is 10.1 Å². The monoisotopic (exact) mass is 250 g/mol. The summed E-state index contributed by atoms with van der Waals surface area (Å²) in [5.74, 6) is 0.919. The lowest BCUT2D eigenvalue weighted by Gasteiger charge is -2.08. The molecule has 3 nitrogen and oxygen atoms in total. The number of rotatable bonds is 10. The summed E-state index contributed by atoms with van der Waals surface area (Å²) in [6.45, 7) is 7.27. The minimum absolute atomic E-state index is 0.801. The first-order valence-corrected chi connectivity index (χ1v) is 7.09. The number of aromatic nitrogens is 1. The molecule has 0 fully saturated rings. The highest BCUT2D eigenvalue weighted by atomic mass is 16.5. The number of aryl methyl sites for hydroxylation is 1. The Balaban J connectivity index is 1.94. The summed E-state index contributed by atoms with van der Waals surface area (Å²) in [5, 5.41) is 3.42. The van der Waals surface area contributed by atoms with Gasteiger partial charge in [-0.15, -0.1) is 0 Å². The molecule has 0 unspecified atom stereocenters. The Morgan fingerprint density at radius 1 is 1.17 bits per heavy atom. The first-order valence-electron chi connectivity index (χ1n) is 7.09. The highest BCUT2D eigenvalue weighted by molar-refractivity contribution is 5.25. The van der Waals surface area contributed by atoms with Crippen molar-refractivity contribution in [3.8, 4) is 5.75 Å². The first kappa shape index (κ1) is 15.0. The van der Waals surface area contributed by atoms with Crippen molar-refractivity contribution in [1.82, 2.24) is 10.3 Å². The molecule has 0 atom stereocenters. The van der Waals surface area contributed by atoms with Gasteiger partial charge in [-0.1, -0.05) is 19.8 Å². The number of unbranched alkanes of at least 4 members (excludes halogenated alkanes) is 3. The number of hydrogen-bond donors (Lipinski definition) is 1. The van der Waals surface area contributed by atoms with Crippen LogP contribution in [0.15, 0.2) is 18.3 Å². The van der Waals surface area contributed by atoms with E-state index in [0.29, 0.717) is 0 Å². The molecule has 1 aromatic rings. The Bertz CT molecular complexity index is 315. The van der Waals surface area contributed by atoms with Crippen LogP contribution in [0.4, 0.5) is 0 Å². The fraction of sp³-hybridized carbons (Fsp3) is 0.667. The molecule has 1 aromatic heterocycles. The molecule has 1 heterocycles. The summed E-state index contributed by atoms with van der Waals surface area (Å²) in [4.78, 5) is 4.20. The molecule has 0 saturated carbocycles. The molecule has 1 N–H and O–H groups in total. The number of hydrogen-bond acceptors (Lipinski definition) is 3. The van der Waals surface area contributed by atoms with Crippen molar-refractivity contribution < 1.29 is 4.74 Å². The molecule has 0 radical (unpaired) electrons. The van der Waals surface area contributed by atoms with Crippen LogP contribution in [0.1, 0.15) is 44.7 Å². The third-order valence-electron chi connectivity index (χ3n) is 2.89. The summed E-state index contributed by atoms with van der Waals surface area (Å²) in [7, 11) is 0. The standard InChI is InChI=1S/C15H26N2O/c1-3-10-16-11-6-4-5-7-13-18-15-9-8-12-17-14(15)2/h8-9,12,16H,3-7,10-11,13H2,1-2H3. The van der Waals surface area contributed by atoms with E-state index in [2.05, 4.69) is 17.2 Å². The lowest BCUT2D eigenvalue weighted by Crippen LogP contribution is -2.15. The highest BCUT2D eigenvalue weighted by Gasteiger charge is 1.98. The van der Waals surface area contributed by atoms with Gasteiger partial charge in [-0.25, -0.2) is 0 Å². The molecule has 0 aliphatic carbocycles. The second-order valence-corrected chi connectivity index (χ2v) is 4.60. The van der Waals surface area contributed by atoms with Crippen LogP contribution in [0.25, 0.3) is 0 Å². The Hall–Kier alpha value is -1.09. The molecular weight excluding hydrogens is 224 g/mol. The minimum Gasteiger partial charge on any atom is -0.492 e. The van der Waals surface area contributed by atoms with Crippen LogP contribution in [0, 0.1) is 6.92 Å². The summed E-state index contributed by atoms with van der Waals surface area (Å²) in [5.41, 5.74) is 0.973. The summed E-state index contributed by atoms with van der Waals surface area (Å²) in [6.07, 6.45) is 7.94. The normalized spacial score (nSPS) is 10.6. The predicted octanol–water partition coefficient (Wildman–Crippen LogP) is 3.33. The molecule has 0 amide bonds. The Morgan fingerprint density at radius 2 is 2.00 bits per heavy atom. The van der Waals surface area contributed by atoms with Crippen LogP contribution in [0.2, 0.25) is 0 Å². The maximum absolute atomic E-state index is 5.70. The van der Waals surface area contributed by atoms with E-state index in [9.17, 15) is 0 Å². The van der Waals surface area contributed by atoms with E-state index in [1.54, 1.807) is 6.20 Å². The van der Waals surface area contributed by atoms with Gasteiger partial charge in [0.2, 0.25) is 0 Å². The lowest BCUT2D eigenvalue weighted by molar-refractivity contribution is 0.301. The molecule has 0 aromatic carbocycles. The average Bonchev–Trinajstić information content (AvgIpc) is 2.39. The minimum atomic E-state index is 0.801. The molecule has 18 heavy (non-hydrogen) atoms. The molecule has 0 bridgehead atoms. The van der Waals surface area contributed by atoms with Crippen molar-refractivity contribution in [2.75, 3.05) is 19.7 Å². The van der Waals surface area contributed by atoms with Crippen LogP contribution in [-0.2, 0) is 0 Å².